The minimum Gasteiger partial charge on any atom is -0.497 e. The summed E-state index contributed by atoms with van der Waals surface area (Å²) in [7, 11) is 1.60. The highest BCUT2D eigenvalue weighted by Crippen LogP contribution is 2.12. The van der Waals surface area contributed by atoms with E-state index in [1.807, 2.05) is 0 Å². The molecular formula is C10H11N3O2. The summed E-state index contributed by atoms with van der Waals surface area (Å²) in [6.07, 6.45) is 0. The number of nitrogens with one attached hydrogen (secondary N) is 1. The molecule has 0 spiro atoms. The zero-order valence-corrected chi connectivity index (χ0v) is 8.52. The normalized spacial score (nSPS) is 10.3. The molecule has 1 heterocycles. The standard InChI is InChI=1S/C10H11N3O2/c1-7-11-10(14)13(12-7)8-3-5-9(15-2)6-4-8/h3-6H,1-2H3,(H,11,12,14). The molecule has 0 bridgehead atoms. The molecule has 0 atom stereocenters. The quantitative estimate of drug-likeness (QED) is 0.791. The Morgan fingerprint density at radius 2 is 2.00 bits per heavy atom. The molecule has 78 valence electrons. The third-order valence-electron chi connectivity index (χ3n) is 2.05. The molecule has 2 rings (SSSR count). The summed E-state index contributed by atoms with van der Waals surface area (Å²) in [5.41, 5.74) is 0.475. The van der Waals surface area contributed by atoms with E-state index >= 15 is 0 Å². The van der Waals surface area contributed by atoms with Crippen LogP contribution in [0, 0.1) is 6.92 Å². The zero-order valence-electron chi connectivity index (χ0n) is 8.52. The van der Waals surface area contributed by atoms with Crippen molar-refractivity contribution in [3.63, 3.8) is 0 Å². The fourth-order valence-electron chi connectivity index (χ4n) is 1.33. The predicted octanol–water partition coefficient (Wildman–Crippen LogP) is 0.878. The molecule has 0 radical (unpaired) electrons. The Hall–Kier alpha value is -2.04. The van der Waals surface area contributed by atoms with E-state index in [-0.39, 0.29) is 5.69 Å². The number of aryl methyl sites for hydroxylation is 1. The van der Waals surface area contributed by atoms with E-state index in [1.54, 1.807) is 38.3 Å². The molecule has 0 unspecified atom stereocenters. The third kappa shape index (κ3) is 1.76. The maximum Gasteiger partial charge on any atom is 0.348 e. The predicted molar refractivity (Wildman–Crippen MR) is 55.5 cm³/mol. The van der Waals surface area contributed by atoms with Gasteiger partial charge in [-0.25, -0.2) is 4.79 Å². The van der Waals surface area contributed by atoms with E-state index in [9.17, 15) is 4.79 Å². The SMILES string of the molecule is COc1ccc(-n2nc(C)[nH]c2=O)cc1. The maximum atomic E-state index is 11.4. The van der Waals surface area contributed by atoms with Crippen molar-refractivity contribution in [3.8, 4) is 11.4 Å². The highest BCUT2D eigenvalue weighted by Gasteiger charge is 2.03. The topological polar surface area (TPSA) is 59.9 Å². The van der Waals surface area contributed by atoms with Crippen molar-refractivity contribution in [3.05, 3.63) is 40.6 Å². The average molecular weight is 205 g/mol. The maximum absolute atomic E-state index is 11.4. The second-order valence-electron chi connectivity index (χ2n) is 3.13. The molecule has 0 aliphatic heterocycles. The monoisotopic (exact) mass is 205 g/mol. The molecule has 0 fully saturated rings. The Kier molecular flexibility index (Phi) is 2.29. The van der Waals surface area contributed by atoms with Crippen molar-refractivity contribution < 1.29 is 4.74 Å². The van der Waals surface area contributed by atoms with Gasteiger partial charge in [-0.15, -0.1) is 0 Å². The van der Waals surface area contributed by atoms with Crippen LogP contribution in [-0.2, 0) is 0 Å². The van der Waals surface area contributed by atoms with Crippen LogP contribution < -0.4 is 10.4 Å². The first-order valence-corrected chi connectivity index (χ1v) is 4.51. The Morgan fingerprint density at radius 3 is 2.47 bits per heavy atom. The summed E-state index contributed by atoms with van der Waals surface area (Å²) in [4.78, 5) is 14.0. The Bertz CT molecular complexity index is 510. The van der Waals surface area contributed by atoms with Gasteiger partial charge >= 0.3 is 5.69 Å². The molecule has 0 saturated carbocycles. The Balaban J connectivity index is 2.45. The van der Waals surface area contributed by atoms with E-state index in [2.05, 4.69) is 10.1 Å². The summed E-state index contributed by atoms with van der Waals surface area (Å²) >= 11 is 0. The lowest BCUT2D eigenvalue weighted by Crippen LogP contribution is -2.15. The number of aromatic amines is 1. The number of nitrogens with zero attached hydrogens (tertiary/aromatic N) is 2. The van der Waals surface area contributed by atoms with Gasteiger partial charge in [0.15, 0.2) is 0 Å². The van der Waals surface area contributed by atoms with Gasteiger partial charge in [-0.1, -0.05) is 0 Å². The van der Waals surface area contributed by atoms with Crippen molar-refractivity contribution in [2.75, 3.05) is 7.11 Å². The lowest BCUT2D eigenvalue weighted by molar-refractivity contribution is 0.414. The molecule has 0 aliphatic carbocycles. The van der Waals surface area contributed by atoms with Crippen LogP contribution in [0.3, 0.4) is 0 Å². The van der Waals surface area contributed by atoms with Crippen LogP contribution in [0.25, 0.3) is 5.69 Å². The van der Waals surface area contributed by atoms with Crippen molar-refractivity contribution in [2.24, 2.45) is 0 Å². The largest absolute Gasteiger partial charge is 0.497 e. The molecule has 5 nitrogen and oxygen atoms in total. The van der Waals surface area contributed by atoms with Gasteiger partial charge in [0.2, 0.25) is 0 Å². The number of hydrogen-bond donors (Lipinski definition) is 1. The molecule has 2 aromatic rings. The first-order valence-electron chi connectivity index (χ1n) is 4.51. The highest BCUT2D eigenvalue weighted by molar-refractivity contribution is 5.36. The first-order chi connectivity index (χ1) is 7.20. The molecule has 1 N–H and O–H groups in total. The fourth-order valence-corrected chi connectivity index (χ4v) is 1.33. The summed E-state index contributed by atoms with van der Waals surface area (Å²) in [6, 6.07) is 7.12. The lowest BCUT2D eigenvalue weighted by atomic mass is 10.3. The van der Waals surface area contributed by atoms with Gasteiger partial charge in [-0.05, 0) is 31.2 Å². The molecule has 0 aliphatic rings. The summed E-state index contributed by atoms with van der Waals surface area (Å²) < 4.78 is 6.34. The second kappa shape index (κ2) is 3.61. The van der Waals surface area contributed by atoms with Gasteiger partial charge < -0.3 is 4.74 Å². The van der Waals surface area contributed by atoms with Crippen molar-refractivity contribution >= 4 is 0 Å². The van der Waals surface area contributed by atoms with Crippen LogP contribution in [0.15, 0.2) is 29.1 Å². The van der Waals surface area contributed by atoms with Crippen molar-refractivity contribution in [1.82, 2.24) is 14.8 Å². The minimum atomic E-state index is -0.238. The Labute approximate surface area is 86.3 Å². The van der Waals surface area contributed by atoms with Gasteiger partial charge in [0.1, 0.15) is 11.6 Å². The van der Waals surface area contributed by atoms with Crippen LogP contribution in [0.1, 0.15) is 5.82 Å². The fraction of sp³-hybridized carbons (Fsp3) is 0.200. The number of aromatic nitrogens is 3. The van der Waals surface area contributed by atoms with Gasteiger partial charge in [0.25, 0.3) is 0 Å². The average Bonchev–Trinajstić information content (AvgIpc) is 2.58. The molecule has 1 aromatic heterocycles. The van der Waals surface area contributed by atoms with Crippen molar-refractivity contribution in [2.45, 2.75) is 6.92 Å². The van der Waals surface area contributed by atoms with Crippen molar-refractivity contribution in [1.29, 1.82) is 0 Å². The van der Waals surface area contributed by atoms with E-state index < -0.39 is 0 Å². The Morgan fingerprint density at radius 1 is 1.33 bits per heavy atom. The minimum absolute atomic E-state index is 0.238. The van der Waals surface area contributed by atoms with Gasteiger partial charge in [-0.3, -0.25) is 4.98 Å². The van der Waals surface area contributed by atoms with Crippen LogP contribution in [-0.4, -0.2) is 21.9 Å². The van der Waals surface area contributed by atoms with Crippen LogP contribution in [0.5, 0.6) is 5.75 Å². The van der Waals surface area contributed by atoms with Crippen LogP contribution in [0.4, 0.5) is 0 Å². The molecule has 1 aromatic carbocycles. The van der Waals surface area contributed by atoms with E-state index in [0.29, 0.717) is 11.5 Å². The number of H-pyrrole nitrogens is 1. The first kappa shape index (κ1) is 9.51. The molecule has 5 heteroatoms. The summed E-state index contributed by atoms with van der Waals surface area (Å²) in [6.45, 7) is 1.74. The lowest BCUT2D eigenvalue weighted by Gasteiger charge is -2.01. The third-order valence-corrected chi connectivity index (χ3v) is 2.05. The molecule has 0 saturated heterocycles. The number of ether oxygens (including phenoxy) is 1. The van der Waals surface area contributed by atoms with Gasteiger partial charge in [-0.2, -0.15) is 9.78 Å². The molecular weight excluding hydrogens is 194 g/mol. The van der Waals surface area contributed by atoms with E-state index in [4.69, 9.17) is 4.74 Å². The van der Waals surface area contributed by atoms with E-state index in [1.165, 1.54) is 4.68 Å². The smallest absolute Gasteiger partial charge is 0.348 e. The second-order valence-corrected chi connectivity index (χ2v) is 3.13. The van der Waals surface area contributed by atoms with Gasteiger partial charge in [0, 0.05) is 0 Å². The van der Waals surface area contributed by atoms with Crippen LogP contribution in [0.2, 0.25) is 0 Å². The molecule has 15 heavy (non-hydrogen) atoms. The number of methoxy groups -OCH3 is 1. The van der Waals surface area contributed by atoms with E-state index in [0.717, 1.165) is 5.75 Å². The number of benzene rings is 1. The highest BCUT2D eigenvalue weighted by atomic mass is 16.5. The van der Waals surface area contributed by atoms with Crippen LogP contribution >= 0.6 is 0 Å². The molecule has 0 amide bonds. The number of rotatable bonds is 2. The van der Waals surface area contributed by atoms with Gasteiger partial charge in [0.05, 0.1) is 12.8 Å². The zero-order chi connectivity index (χ0) is 10.8. The summed E-state index contributed by atoms with van der Waals surface area (Å²) in [5, 5.41) is 4.04. The summed E-state index contributed by atoms with van der Waals surface area (Å²) in [5.74, 6) is 1.34. The number of hydrogen-bond acceptors (Lipinski definition) is 3.